The Morgan fingerprint density at radius 1 is 1.50 bits per heavy atom. The number of aromatic nitrogens is 2. The molecule has 0 aliphatic carbocycles. The Balaban J connectivity index is 2.17. The summed E-state index contributed by atoms with van der Waals surface area (Å²) in [6.45, 7) is 1.86. The van der Waals surface area contributed by atoms with E-state index in [1.54, 1.807) is 12.3 Å². The maximum absolute atomic E-state index is 5.69. The van der Waals surface area contributed by atoms with Crippen molar-refractivity contribution in [1.82, 2.24) is 9.97 Å². The number of nitrogen functional groups attached to an aromatic ring is 1. The lowest BCUT2D eigenvalue weighted by Gasteiger charge is -2.13. The van der Waals surface area contributed by atoms with E-state index in [1.807, 2.05) is 6.92 Å². The van der Waals surface area contributed by atoms with Gasteiger partial charge in [0.1, 0.15) is 18.1 Å². The first-order valence-corrected chi connectivity index (χ1v) is 5.42. The SMILES string of the molecule is CC(Oc1cc(Br)cnc1N)c1cocn1. The third kappa shape index (κ3) is 2.33. The summed E-state index contributed by atoms with van der Waals surface area (Å²) in [4.78, 5) is 7.97. The highest BCUT2D eigenvalue weighted by Gasteiger charge is 2.12. The third-order valence-electron chi connectivity index (χ3n) is 2.02. The number of halogens is 1. The molecule has 2 rings (SSSR count). The van der Waals surface area contributed by atoms with Gasteiger partial charge in [-0.05, 0) is 28.9 Å². The van der Waals surface area contributed by atoms with E-state index in [0.29, 0.717) is 17.3 Å². The molecule has 0 saturated carbocycles. The molecule has 0 aliphatic rings. The van der Waals surface area contributed by atoms with E-state index >= 15 is 0 Å². The smallest absolute Gasteiger partial charge is 0.180 e. The highest BCUT2D eigenvalue weighted by molar-refractivity contribution is 9.10. The van der Waals surface area contributed by atoms with Gasteiger partial charge < -0.3 is 14.9 Å². The molecule has 0 amide bonds. The van der Waals surface area contributed by atoms with E-state index in [4.69, 9.17) is 14.9 Å². The van der Waals surface area contributed by atoms with Crippen LogP contribution in [-0.4, -0.2) is 9.97 Å². The van der Waals surface area contributed by atoms with Crippen molar-refractivity contribution in [3.63, 3.8) is 0 Å². The van der Waals surface area contributed by atoms with Gasteiger partial charge in [0.25, 0.3) is 0 Å². The average Bonchev–Trinajstić information content (AvgIpc) is 2.76. The van der Waals surface area contributed by atoms with Crippen molar-refractivity contribution < 1.29 is 9.15 Å². The van der Waals surface area contributed by atoms with Gasteiger partial charge in [-0.15, -0.1) is 0 Å². The molecule has 1 unspecified atom stereocenters. The van der Waals surface area contributed by atoms with Gasteiger partial charge >= 0.3 is 0 Å². The standard InChI is InChI=1S/C10H10BrN3O2/c1-6(8-4-15-5-14-8)16-9-2-7(11)3-13-10(9)12/h2-6H,1H3,(H2,12,13). The Morgan fingerprint density at radius 2 is 2.31 bits per heavy atom. The van der Waals surface area contributed by atoms with Crippen molar-refractivity contribution in [2.75, 3.05) is 5.73 Å². The molecule has 6 heteroatoms. The van der Waals surface area contributed by atoms with E-state index in [9.17, 15) is 0 Å². The fraction of sp³-hybridized carbons (Fsp3) is 0.200. The zero-order valence-electron chi connectivity index (χ0n) is 8.55. The van der Waals surface area contributed by atoms with Gasteiger partial charge in [-0.1, -0.05) is 0 Å². The quantitative estimate of drug-likeness (QED) is 0.937. The number of hydrogen-bond acceptors (Lipinski definition) is 5. The number of anilines is 1. The molecule has 0 radical (unpaired) electrons. The number of hydrogen-bond donors (Lipinski definition) is 1. The summed E-state index contributed by atoms with van der Waals surface area (Å²) in [5.41, 5.74) is 6.40. The van der Waals surface area contributed by atoms with E-state index in [-0.39, 0.29) is 6.10 Å². The predicted octanol–water partition coefficient (Wildman–Crippen LogP) is 2.55. The van der Waals surface area contributed by atoms with Crippen LogP contribution in [0, 0.1) is 0 Å². The van der Waals surface area contributed by atoms with Crippen LogP contribution >= 0.6 is 15.9 Å². The maximum atomic E-state index is 5.69. The molecule has 1 atom stereocenters. The third-order valence-corrected chi connectivity index (χ3v) is 2.45. The fourth-order valence-corrected chi connectivity index (χ4v) is 1.51. The monoisotopic (exact) mass is 283 g/mol. The lowest BCUT2D eigenvalue weighted by atomic mass is 10.3. The van der Waals surface area contributed by atoms with Crippen molar-refractivity contribution in [3.05, 3.63) is 35.1 Å². The van der Waals surface area contributed by atoms with Crippen LogP contribution in [0.5, 0.6) is 5.75 Å². The van der Waals surface area contributed by atoms with Crippen LogP contribution in [0.3, 0.4) is 0 Å². The van der Waals surface area contributed by atoms with Crippen LogP contribution in [0.15, 0.2) is 33.8 Å². The molecule has 2 N–H and O–H groups in total. The van der Waals surface area contributed by atoms with Crippen molar-refractivity contribution in [1.29, 1.82) is 0 Å². The molecule has 5 nitrogen and oxygen atoms in total. The maximum Gasteiger partial charge on any atom is 0.180 e. The van der Waals surface area contributed by atoms with E-state index in [1.165, 1.54) is 12.7 Å². The lowest BCUT2D eigenvalue weighted by Crippen LogP contribution is -2.06. The summed E-state index contributed by atoms with van der Waals surface area (Å²) in [7, 11) is 0. The number of nitrogens with two attached hydrogens (primary N) is 1. The van der Waals surface area contributed by atoms with Crippen molar-refractivity contribution in [3.8, 4) is 5.75 Å². The van der Waals surface area contributed by atoms with Crippen molar-refractivity contribution in [2.45, 2.75) is 13.0 Å². The van der Waals surface area contributed by atoms with Crippen LogP contribution in [-0.2, 0) is 0 Å². The van der Waals surface area contributed by atoms with Crippen molar-refractivity contribution >= 4 is 21.7 Å². The van der Waals surface area contributed by atoms with Crippen LogP contribution in [0.25, 0.3) is 0 Å². The van der Waals surface area contributed by atoms with E-state index in [2.05, 4.69) is 25.9 Å². The predicted molar refractivity (Wildman–Crippen MR) is 61.9 cm³/mol. The Morgan fingerprint density at radius 3 is 3.00 bits per heavy atom. The first-order valence-electron chi connectivity index (χ1n) is 4.62. The Kier molecular flexibility index (Phi) is 3.09. The minimum atomic E-state index is -0.239. The molecule has 84 valence electrons. The molecule has 0 aromatic carbocycles. The second-order valence-electron chi connectivity index (χ2n) is 3.21. The lowest BCUT2D eigenvalue weighted by molar-refractivity contribution is 0.222. The summed E-state index contributed by atoms with van der Waals surface area (Å²) < 4.78 is 11.3. The Bertz CT molecular complexity index is 473. The second-order valence-corrected chi connectivity index (χ2v) is 4.13. The topological polar surface area (TPSA) is 74.2 Å². The first-order chi connectivity index (χ1) is 7.66. The summed E-state index contributed by atoms with van der Waals surface area (Å²) in [6, 6.07) is 1.76. The normalized spacial score (nSPS) is 12.4. The van der Waals surface area contributed by atoms with Gasteiger partial charge in [0, 0.05) is 10.7 Å². The molecule has 2 aromatic heterocycles. The van der Waals surface area contributed by atoms with Gasteiger partial charge in [0.2, 0.25) is 0 Å². The largest absolute Gasteiger partial charge is 0.480 e. The van der Waals surface area contributed by atoms with Gasteiger partial charge in [0.15, 0.2) is 18.0 Å². The molecule has 16 heavy (non-hydrogen) atoms. The summed E-state index contributed by atoms with van der Waals surface area (Å²) in [5.74, 6) is 0.864. The first kappa shape index (κ1) is 10.9. The molecule has 0 bridgehead atoms. The van der Waals surface area contributed by atoms with Gasteiger partial charge in [-0.2, -0.15) is 0 Å². The number of pyridine rings is 1. The molecule has 0 spiro atoms. The molecule has 0 fully saturated rings. The highest BCUT2D eigenvalue weighted by atomic mass is 79.9. The van der Waals surface area contributed by atoms with E-state index < -0.39 is 0 Å². The number of ether oxygens (including phenoxy) is 1. The minimum Gasteiger partial charge on any atom is -0.480 e. The number of oxazole rings is 1. The van der Waals surface area contributed by atoms with Crippen LogP contribution < -0.4 is 10.5 Å². The van der Waals surface area contributed by atoms with Gasteiger partial charge in [-0.25, -0.2) is 9.97 Å². The summed E-state index contributed by atoms with van der Waals surface area (Å²) in [6.07, 6.45) is 4.27. The molecule has 2 aromatic rings. The molecule has 0 aliphatic heterocycles. The van der Waals surface area contributed by atoms with Gasteiger partial charge in [0.05, 0.1) is 0 Å². The number of nitrogens with zero attached hydrogens (tertiary/aromatic N) is 2. The zero-order chi connectivity index (χ0) is 11.5. The van der Waals surface area contributed by atoms with Crippen molar-refractivity contribution in [2.24, 2.45) is 0 Å². The Hall–Kier alpha value is -1.56. The highest BCUT2D eigenvalue weighted by Crippen LogP contribution is 2.27. The summed E-state index contributed by atoms with van der Waals surface area (Å²) in [5, 5.41) is 0. The molecular formula is C10H10BrN3O2. The van der Waals surface area contributed by atoms with E-state index in [0.717, 1.165) is 4.47 Å². The molecule has 2 heterocycles. The van der Waals surface area contributed by atoms with Crippen LogP contribution in [0.4, 0.5) is 5.82 Å². The second kappa shape index (κ2) is 4.52. The van der Waals surface area contributed by atoms with Crippen LogP contribution in [0.2, 0.25) is 0 Å². The molecule has 0 saturated heterocycles. The molecular weight excluding hydrogens is 274 g/mol. The minimum absolute atomic E-state index is 0.239. The zero-order valence-corrected chi connectivity index (χ0v) is 10.1. The summed E-state index contributed by atoms with van der Waals surface area (Å²) >= 11 is 3.30. The Labute approximate surface area is 101 Å². The average molecular weight is 284 g/mol. The van der Waals surface area contributed by atoms with Gasteiger partial charge in [-0.3, -0.25) is 0 Å². The van der Waals surface area contributed by atoms with Crippen LogP contribution in [0.1, 0.15) is 18.7 Å². The fourth-order valence-electron chi connectivity index (χ4n) is 1.20. The number of rotatable bonds is 3.